The summed E-state index contributed by atoms with van der Waals surface area (Å²) in [6.07, 6.45) is -4.11. The molecule has 23 heavy (non-hydrogen) atoms. The monoisotopic (exact) mass is 324 g/mol. The third kappa shape index (κ3) is 2.49. The van der Waals surface area contributed by atoms with Crippen molar-refractivity contribution in [3.63, 3.8) is 0 Å². The van der Waals surface area contributed by atoms with Crippen molar-refractivity contribution in [2.45, 2.75) is 25.4 Å². The number of carboxylic acid groups (broad SMARTS) is 1. The van der Waals surface area contributed by atoms with Gasteiger partial charge in [0, 0.05) is 6.42 Å². The first kappa shape index (κ1) is 15.3. The number of fused-ring (bicyclic) bond motifs is 1. The summed E-state index contributed by atoms with van der Waals surface area (Å²) in [6, 6.07) is 5.63. The summed E-state index contributed by atoms with van der Waals surface area (Å²) >= 11 is 0. The van der Waals surface area contributed by atoms with Crippen molar-refractivity contribution < 1.29 is 27.9 Å². The van der Waals surface area contributed by atoms with E-state index < -0.39 is 29.2 Å². The van der Waals surface area contributed by atoms with Gasteiger partial charge in [0.25, 0.3) is 0 Å². The molecule has 1 aliphatic carbocycles. The molecule has 0 aliphatic heterocycles. The highest BCUT2D eigenvalue weighted by atomic mass is 19.4. The molecule has 1 aromatic heterocycles. The van der Waals surface area contributed by atoms with Gasteiger partial charge in [0.2, 0.25) is 0 Å². The summed E-state index contributed by atoms with van der Waals surface area (Å²) in [7, 11) is 0. The Bertz CT molecular complexity index is 809. The van der Waals surface area contributed by atoms with Gasteiger partial charge in [0.1, 0.15) is 0 Å². The largest absolute Gasteiger partial charge is 0.478 e. The Morgan fingerprint density at radius 1 is 1.22 bits per heavy atom. The minimum absolute atomic E-state index is 0.0152. The van der Waals surface area contributed by atoms with Crippen LogP contribution in [0.5, 0.6) is 0 Å². The minimum Gasteiger partial charge on any atom is -0.478 e. The smallest absolute Gasteiger partial charge is 0.435 e. The Morgan fingerprint density at radius 3 is 2.57 bits per heavy atom. The van der Waals surface area contributed by atoms with Crippen molar-refractivity contribution in [2.75, 3.05) is 0 Å². The van der Waals surface area contributed by atoms with Crippen molar-refractivity contribution >= 4 is 11.8 Å². The molecule has 1 N–H and O–H groups in total. The van der Waals surface area contributed by atoms with Gasteiger partial charge in [-0.1, -0.05) is 12.1 Å². The van der Waals surface area contributed by atoms with Gasteiger partial charge < -0.3 is 5.11 Å². The number of carboxylic acids is 1. The molecular weight excluding hydrogens is 313 g/mol. The van der Waals surface area contributed by atoms with E-state index in [1.54, 1.807) is 0 Å². The number of para-hydroxylation sites is 1. The Morgan fingerprint density at radius 2 is 1.91 bits per heavy atom. The molecule has 1 aromatic carbocycles. The first-order valence-electron chi connectivity index (χ1n) is 6.85. The van der Waals surface area contributed by atoms with E-state index in [0.717, 1.165) is 4.68 Å². The summed E-state index contributed by atoms with van der Waals surface area (Å²) in [5.74, 6) is -1.89. The fourth-order valence-electron chi connectivity index (χ4n) is 2.76. The second-order valence-corrected chi connectivity index (χ2v) is 5.18. The average molecular weight is 324 g/mol. The number of rotatable bonds is 2. The third-order valence-electron chi connectivity index (χ3n) is 3.71. The number of ketones is 1. The summed E-state index contributed by atoms with van der Waals surface area (Å²) in [4.78, 5) is 23.2. The second-order valence-electron chi connectivity index (χ2n) is 5.18. The van der Waals surface area contributed by atoms with E-state index >= 15 is 0 Å². The predicted molar refractivity (Wildman–Crippen MR) is 72.8 cm³/mol. The molecule has 120 valence electrons. The summed E-state index contributed by atoms with van der Waals surface area (Å²) < 4.78 is 40.5. The van der Waals surface area contributed by atoms with Crippen LogP contribution in [-0.4, -0.2) is 26.6 Å². The van der Waals surface area contributed by atoms with Gasteiger partial charge in [0.15, 0.2) is 11.5 Å². The highest BCUT2D eigenvalue weighted by Crippen LogP contribution is 2.37. The zero-order chi connectivity index (χ0) is 16.8. The summed E-state index contributed by atoms with van der Waals surface area (Å²) in [5.41, 5.74) is -1.74. The quantitative estimate of drug-likeness (QED) is 0.921. The van der Waals surface area contributed by atoms with E-state index in [1.165, 1.54) is 24.3 Å². The predicted octanol–water partition coefficient (Wildman–Crippen LogP) is 3.11. The average Bonchev–Trinajstić information content (AvgIpc) is 2.88. The number of benzene rings is 1. The van der Waals surface area contributed by atoms with E-state index in [4.69, 9.17) is 0 Å². The number of alkyl halides is 3. The molecular formula is C15H11F3N2O3. The molecule has 0 radical (unpaired) electrons. The van der Waals surface area contributed by atoms with E-state index in [2.05, 4.69) is 5.10 Å². The Kier molecular flexibility index (Phi) is 3.46. The van der Waals surface area contributed by atoms with Crippen LogP contribution in [0.4, 0.5) is 13.2 Å². The fraction of sp³-hybridized carbons (Fsp3) is 0.267. The first-order chi connectivity index (χ1) is 10.8. The molecule has 0 spiro atoms. The van der Waals surface area contributed by atoms with Crippen molar-refractivity contribution in [3.8, 4) is 5.69 Å². The molecule has 8 heteroatoms. The van der Waals surface area contributed by atoms with E-state index in [0.29, 0.717) is 6.42 Å². The number of hydrogen-bond donors (Lipinski definition) is 1. The van der Waals surface area contributed by atoms with Crippen LogP contribution < -0.4 is 0 Å². The van der Waals surface area contributed by atoms with E-state index in [-0.39, 0.29) is 29.8 Å². The fourth-order valence-corrected chi connectivity index (χ4v) is 2.76. The molecule has 5 nitrogen and oxygen atoms in total. The lowest BCUT2D eigenvalue weighted by molar-refractivity contribution is -0.141. The van der Waals surface area contributed by atoms with E-state index in [1.807, 2.05) is 0 Å². The van der Waals surface area contributed by atoms with Gasteiger partial charge >= 0.3 is 12.1 Å². The number of halogens is 3. The summed E-state index contributed by atoms with van der Waals surface area (Å²) in [5, 5.41) is 12.8. The lowest BCUT2D eigenvalue weighted by Gasteiger charge is -2.14. The van der Waals surface area contributed by atoms with Gasteiger partial charge in [-0.25, -0.2) is 9.48 Å². The van der Waals surface area contributed by atoms with Crippen molar-refractivity contribution in [1.82, 2.24) is 9.78 Å². The molecule has 1 heterocycles. The molecule has 0 bridgehead atoms. The van der Waals surface area contributed by atoms with Crippen LogP contribution in [0.3, 0.4) is 0 Å². The SMILES string of the molecule is O=C(O)c1ccccc1-n1nc(C(F)(F)F)c2c1CCCC2=O. The molecule has 0 unspecified atom stereocenters. The normalized spacial score (nSPS) is 14.7. The van der Waals surface area contributed by atoms with Crippen LogP contribution in [0.2, 0.25) is 0 Å². The second kappa shape index (κ2) is 5.22. The molecule has 0 amide bonds. The number of carbonyl (C=O) groups is 2. The van der Waals surface area contributed by atoms with Gasteiger partial charge in [0.05, 0.1) is 22.5 Å². The third-order valence-corrected chi connectivity index (χ3v) is 3.71. The van der Waals surface area contributed by atoms with Crippen molar-refractivity contribution in [3.05, 3.63) is 46.8 Å². The number of hydrogen-bond acceptors (Lipinski definition) is 3. The summed E-state index contributed by atoms with van der Waals surface area (Å²) in [6.45, 7) is 0. The zero-order valence-electron chi connectivity index (χ0n) is 11.7. The van der Waals surface area contributed by atoms with Crippen LogP contribution >= 0.6 is 0 Å². The number of carbonyl (C=O) groups excluding carboxylic acids is 1. The first-order valence-corrected chi connectivity index (χ1v) is 6.85. The highest BCUT2D eigenvalue weighted by molar-refractivity contribution is 6.00. The lowest BCUT2D eigenvalue weighted by atomic mass is 9.94. The highest BCUT2D eigenvalue weighted by Gasteiger charge is 2.42. The van der Waals surface area contributed by atoms with Gasteiger partial charge in [-0.15, -0.1) is 0 Å². The molecule has 1 aliphatic rings. The maximum Gasteiger partial charge on any atom is 0.435 e. The maximum absolute atomic E-state index is 13.2. The van der Waals surface area contributed by atoms with Gasteiger partial charge in [-0.3, -0.25) is 4.79 Å². The standard InChI is InChI=1S/C15H11F3N2O3/c16-15(17,18)13-12-10(6-3-7-11(12)21)20(19-13)9-5-2-1-4-8(9)14(22)23/h1-2,4-5H,3,6-7H2,(H,22,23). The zero-order valence-corrected chi connectivity index (χ0v) is 11.7. The van der Waals surface area contributed by atoms with Crippen molar-refractivity contribution in [2.24, 2.45) is 0 Å². The van der Waals surface area contributed by atoms with E-state index in [9.17, 15) is 27.9 Å². The Hall–Kier alpha value is -2.64. The number of Topliss-reactive ketones (excluding diaryl/α,β-unsaturated/α-hetero) is 1. The molecule has 0 fully saturated rings. The molecule has 0 saturated carbocycles. The molecule has 3 rings (SSSR count). The number of aromatic carboxylic acids is 1. The molecule has 0 atom stereocenters. The van der Waals surface area contributed by atoms with Crippen LogP contribution in [0.1, 0.15) is 44.9 Å². The topological polar surface area (TPSA) is 72.2 Å². The van der Waals surface area contributed by atoms with Crippen LogP contribution in [0.15, 0.2) is 24.3 Å². The Balaban J connectivity index is 2.30. The number of nitrogens with zero attached hydrogens (tertiary/aromatic N) is 2. The maximum atomic E-state index is 13.2. The van der Waals surface area contributed by atoms with Crippen molar-refractivity contribution in [1.29, 1.82) is 0 Å². The van der Waals surface area contributed by atoms with Crippen LogP contribution in [0.25, 0.3) is 5.69 Å². The Labute approximate surface area is 128 Å². The number of aromatic nitrogens is 2. The van der Waals surface area contributed by atoms with Gasteiger partial charge in [-0.2, -0.15) is 18.3 Å². The van der Waals surface area contributed by atoms with Gasteiger partial charge in [-0.05, 0) is 25.0 Å². The lowest BCUT2D eigenvalue weighted by Crippen LogP contribution is -2.17. The van der Waals surface area contributed by atoms with Crippen LogP contribution in [-0.2, 0) is 12.6 Å². The molecule has 2 aromatic rings. The minimum atomic E-state index is -4.78. The molecule has 0 saturated heterocycles. The van der Waals surface area contributed by atoms with Crippen LogP contribution in [0, 0.1) is 0 Å².